The predicted molar refractivity (Wildman–Crippen MR) is 133 cm³/mol. The second-order valence-corrected chi connectivity index (χ2v) is 10.3. The molecule has 0 unspecified atom stereocenters. The average molecular weight is 445 g/mol. The highest BCUT2D eigenvalue weighted by atomic mass is 16.7. The standard InChI is InChI=1S/C29H48O3/c1-3-5-7-10-24-13-15-25(16-14-24)12-9-21-30-28-19-17-27(18-20-28)29-31-22-26(23-32-29)11-8-6-4-2/h17-20,24-26,29H,3-16,21-23H2,1-2H3/t24-,25-,26-,29-. The van der Waals surface area contributed by atoms with Crippen LogP contribution in [0.1, 0.15) is 116 Å². The van der Waals surface area contributed by atoms with Gasteiger partial charge in [0.05, 0.1) is 19.8 Å². The van der Waals surface area contributed by atoms with Crippen LogP contribution in [0, 0.1) is 17.8 Å². The van der Waals surface area contributed by atoms with E-state index in [1.54, 1.807) is 0 Å². The molecule has 32 heavy (non-hydrogen) atoms. The molecule has 3 nitrogen and oxygen atoms in total. The molecule has 3 heteroatoms. The molecular formula is C29H48O3. The van der Waals surface area contributed by atoms with Crippen molar-refractivity contribution >= 4 is 0 Å². The summed E-state index contributed by atoms with van der Waals surface area (Å²) in [7, 11) is 0. The van der Waals surface area contributed by atoms with Crippen LogP contribution in [0.5, 0.6) is 5.75 Å². The van der Waals surface area contributed by atoms with Crippen LogP contribution in [-0.4, -0.2) is 19.8 Å². The van der Waals surface area contributed by atoms with Gasteiger partial charge in [-0.1, -0.05) is 96.6 Å². The van der Waals surface area contributed by atoms with Crippen LogP contribution in [0.25, 0.3) is 0 Å². The minimum atomic E-state index is -0.219. The maximum Gasteiger partial charge on any atom is 0.183 e. The summed E-state index contributed by atoms with van der Waals surface area (Å²) in [5.74, 6) is 3.45. The van der Waals surface area contributed by atoms with Crippen LogP contribution in [0.3, 0.4) is 0 Å². The summed E-state index contributed by atoms with van der Waals surface area (Å²) in [6.07, 6.45) is 18.8. The minimum absolute atomic E-state index is 0.219. The molecule has 0 bridgehead atoms. The Morgan fingerprint density at radius 3 is 1.78 bits per heavy atom. The molecule has 0 N–H and O–H groups in total. The lowest BCUT2D eigenvalue weighted by molar-refractivity contribution is -0.206. The fraction of sp³-hybridized carbons (Fsp3) is 0.793. The van der Waals surface area contributed by atoms with E-state index in [-0.39, 0.29) is 6.29 Å². The molecule has 0 spiro atoms. The molecule has 0 aromatic heterocycles. The highest BCUT2D eigenvalue weighted by molar-refractivity contribution is 5.28. The summed E-state index contributed by atoms with van der Waals surface area (Å²) in [5, 5.41) is 0. The zero-order valence-corrected chi connectivity index (χ0v) is 20.9. The number of hydrogen-bond acceptors (Lipinski definition) is 3. The highest BCUT2D eigenvalue weighted by Crippen LogP contribution is 2.34. The van der Waals surface area contributed by atoms with Crippen molar-refractivity contribution in [3.8, 4) is 5.75 Å². The van der Waals surface area contributed by atoms with E-state index in [4.69, 9.17) is 14.2 Å². The molecule has 1 aliphatic heterocycles. The van der Waals surface area contributed by atoms with Crippen LogP contribution in [0.15, 0.2) is 24.3 Å². The number of unbranched alkanes of at least 4 members (excludes halogenated alkanes) is 4. The van der Waals surface area contributed by atoms with E-state index in [1.807, 2.05) is 0 Å². The quantitative estimate of drug-likeness (QED) is 0.269. The Hall–Kier alpha value is -1.06. The van der Waals surface area contributed by atoms with Crippen molar-refractivity contribution in [2.45, 2.75) is 110 Å². The molecule has 0 atom stereocenters. The summed E-state index contributed by atoms with van der Waals surface area (Å²) in [4.78, 5) is 0. The SMILES string of the molecule is CCCCC[C@H]1CC[C@H](CCCOc2ccc([C@H]3OC[C@H](CCCCC)CO3)cc2)CC1. The minimum Gasteiger partial charge on any atom is -0.494 e. The average Bonchev–Trinajstić information content (AvgIpc) is 2.84. The van der Waals surface area contributed by atoms with E-state index >= 15 is 0 Å². The smallest absolute Gasteiger partial charge is 0.183 e. The van der Waals surface area contributed by atoms with Crippen LogP contribution < -0.4 is 4.74 Å². The fourth-order valence-corrected chi connectivity index (χ4v) is 5.36. The highest BCUT2D eigenvalue weighted by Gasteiger charge is 2.23. The van der Waals surface area contributed by atoms with Crippen LogP contribution >= 0.6 is 0 Å². The third kappa shape index (κ3) is 9.06. The number of benzene rings is 1. The van der Waals surface area contributed by atoms with E-state index in [2.05, 4.69) is 38.1 Å². The van der Waals surface area contributed by atoms with Crippen molar-refractivity contribution in [1.82, 2.24) is 0 Å². The van der Waals surface area contributed by atoms with E-state index in [0.29, 0.717) is 5.92 Å². The first-order valence-electron chi connectivity index (χ1n) is 13.7. The summed E-state index contributed by atoms with van der Waals surface area (Å²) >= 11 is 0. The second kappa shape index (κ2) is 15.0. The van der Waals surface area contributed by atoms with Gasteiger partial charge in [-0.2, -0.15) is 0 Å². The zero-order chi connectivity index (χ0) is 22.4. The Morgan fingerprint density at radius 2 is 1.22 bits per heavy atom. The van der Waals surface area contributed by atoms with E-state index < -0.39 is 0 Å². The normalized spacial score (nSPS) is 26.2. The Balaban J connectivity index is 1.26. The van der Waals surface area contributed by atoms with E-state index in [0.717, 1.165) is 43.0 Å². The van der Waals surface area contributed by atoms with Crippen molar-refractivity contribution in [3.05, 3.63) is 29.8 Å². The molecule has 1 heterocycles. The van der Waals surface area contributed by atoms with Crippen molar-refractivity contribution in [1.29, 1.82) is 0 Å². The third-order valence-electron chi connectivity index (χ3n) is 7.54. The van der Waals surface area contributed by atoms with Gasteiger partial charge in [0.25, 0.3) is 0 Å². The van der Waals surface area contributed by atoms with Gasteiger partial charge in [0.15, 0.2) is 6.29 Å². The van der Waals surface area contributed by atoms with Crippen molar-refractivity contribution in [3.63, 3.8) is 0 Å². The lowest BCUT2D eigenvalue weighted by Gasteiger charge is -2.29. The molecule has 2 fully saturated rings. The molecule has 182 valence electrons. The monoisotopic (exact) mass is 444 g/mol. The van der Waals surface area contributed by atoms with Crippen LogP contribution in [-0.2, 0) is 9.47 Å². The zero-order valence-electron chi connectivity index (χ0n) is 20.9. The van der Waals surface area contributed by atoms with Gasteiger partial charge in [0.2, 0.25) is 0 Å². The topological polar surface area (TPSA) is 27.7 Å². The van der Waals surface area contributed by atoms with E-state index in [9.17, 15) is 0 Å². The maximum absolute atomic E-state index is 6.02. The van der Waals surface area contributed by atoms with Gasteiger partial charge < -0.3 is 14.2 Å². The van der Waals surface area contributed by atoms with Crippen molar-refractivity contribution < 1.29 is 14.2 Å². The van der Waals surface area contributed by atoms with Crippen molar-refractivity contribution in [2.24, 2.45) is 17.8 Å². The summed E-state index contributed by atoms with van der Waals surface area (Å²) in [5.41, 5.74) is 1.10. The fourth-order valence-electron chi connectivity index (χ4n) is 5.36. The largest absolute Gasteiger partial charge is 0.494 e. The predicted octanol–water partition coefficient (Wildman–Crippen LogP) is 8.47. The van der Waals surface area contributed by atoms with Gasteiger partial charge in [-0.05, 0) is 43.2 Å². The summed E-state index contributed by atoms with van der Waals surface area (Å²) in [6, 6.07) is 8.32. The van der Waals surface area contributed by atoms with Gasteiger partial charge in [0, 0.05) is 11.5 Å². The van der Waals surface area contributed by atoms with Crippen molar-refractivity contribution in [2.75, 3.05) is 19.8 Å². The summed E-state index contributed by atoms with van der Waals surface area (Å²) in [6.45, 7) is 7.00. The molecule has 3 rings (SSSR count). The first-order chi connectivity index (χ1) is 15.8. The van der Waals surface area contributed by atoms with Gasteiger partial charge in [-0.15, -0.1) is 0 Å². The Morgan fingerprint density at radius 1 is 0.688 bits per heavy atom. The Kier molecular flexibility index (Phi) is 12.0. The third-order valence-corrected chi connectivity index (χ3v) is 7.54. The lowest BCUT2D eigenvalue weighted by atomic mass is 9.78. The Bertz CT molecular complexity index is 583. The first-order valence-corrected chi connectivity index (χ1v) is 13.7. The molecule has 0 amide bonds. The molecule has 1 saturated heterocycles. The number of ether oxygens (including phenoxy) is 3. The van der Waals surface area contributed by atoms with E-state index in [1.165, 1.54) is 89.9 Å². The van der Waals surface area contributed by atoms with Gasteiger partial charge >= 0.3 is 0 Å². The van der Waals surface area contributed by atoms with Crippen LogP contribution in [0.2, 0.25) is 0 Å². The van der Waals surface area contributed by atoms with Gasteiger partial charge in [-0.3, -0.25) is 0 Å². The van der Waals surface area contributed by atoms with Gasteiger partial charge in [-0.25, -0.2) is 0 Å². The molecule has 1 aromatic rings. The Labute approximate surface area is 197 Å². The number of hydrogen-bond donors (Lipinski definition) is 0. The van der Waals surface area contributed by atoms with Crippen LogP contribution in [0.4, 0.5) is 0 Å². The maximum atomic E-state index is 6.02. The molecule has 1 aliphatic carbocycles. The van der Waals surface area contributed by atoms with Gasteiger partial charge in [0.1, 0.15) is 5.75 Å². The molecular weight excluding hydrogens is 396 g/mol. The molecule has 0 radical (unpaired) electrons. The summed E-state index contributed by atoms with van der Waals surface area (Å²) < 4.78 is 18.0. The lowest BCUT2D eigenvalue weighted by Crippen LogP contribution is -2.27. The first kappa shape index (κ1) is 25.6. The molecule has 1 aromatic carbocycles. The molecule has 2 aliphatic rings. The number of rotatable bonds is 14. The second-order valence-electron chi connectivity index (χ2n) is 10.3. The molecule has 1 saturated carbocycles.